The number of carbonyl (C=O) groups is 1. The molecule has 51 heavy (non-hydrogen) atoms. The van der Waals surface area contributed by atoms with E-state index >= 15 is 0 Å². The van der Waals surface area contributed by atoms with Crippen molar-refractivity contribution in [3.05, 3.63) is 67.6 Å². The zero-order valence-electron chi connectivity index (χ0n) is 27.8. The highest BCUT2D eigenvalue weighted by Crippen LogP contribution is 2.46. The van der Waals surface area contributed by atoms with Crippen molar-refractivity contribution < 1.29 is 36.2 Å². The fraction of sp³-hybridized carbons (Fsp3) is 0.515. The molecule has 2 N–H and O–H groups in total. The Morgan fingerprint density at radius 2 is 1.92 bits per heavy atom. The van der Waals surface area contributed by atoms with Gasteiger partial charge in [-0.25, -0.2) is 0 Å². The average molecular weight is 758 g/mol. The lowest BCUT2D eigenvalue weighted by molar-refractivity contribution is -0.139. The van der Waals surface area contributed by atoms with Crippen LogP contribution < -0.4 is 15.4 Å². The van der Waals surface area contributed by atoms with Crippen molar-refractivity contribution in [3.8, 4) is 6.01 Å². The Kier molecular flexibility index (Phi) is 9.34. The summed E-state index contributed by atoms with van der Waals surface area (Å²) >= 11 is 12.8. The summed E-state index contributed by atoms with van der Waals surface area (Å²) in [6, 6.07) is 2.21. The van der Waals surface area contributed by atoms with Gasteiger partial charge in [0.1, 0.15) is 12.4 Å². The molecule has 2 atom stereocenters. The minimum absolute atomic E-state index is 0.0413. The van der Waals surface area contributed by atoms with Gasteiger partial charge in [0.15, 0.2) is 5.69 Å². The van der Waals surface area contributed by atoms with E-state index in [0.717, 1.165) is 12.5 Å². The van der Waals surface area contributed by atoms with E-state index in [9.17, 15) is 26.7 Å². The summed E-state index contributed by atoms with van der Waals surface area (Å²) in [5, 5.41) is 4.15. The molecule has 4 aliphatic heterocycles. The van der Waals surface area contributed by atoms with Crippen molar-refractivity contribution in [2.24, 2.45) is 0 Å². The molecule has 0 radical (unpaired) electrons. The van der Waals surface area contributed by atoms with E-state index in [1.165, 1.54) is 11.0 Å². The quantitative estimate of drug-likeness (QED) is 0.230. The molecule has 4 aliphatic rings. The monoisotopic (exact) mass is 756 g/mol. The normalized spacial score (nSPS) is 22.0. The van der Waals surface area contributed by atoms with Gasteiger partial charge >= 0.3 is 12.2 Å². The average Bonchev–Trinajstić information content (AvgIpc) is 3.66. The smallest absolute Gasteiger partial charge is 0.418 e. The van der Waals surface area contributed by atoms with Crippen LogP contribution >= 0.6 is 23.2 Å². The van der Waals surface area contributed by atoms with Gasteiger partial charge in [-0.05, 0) is 49.9 Å². The molecule has 0 spiro atoms. The first-order chi connectivity index (χ1) is 24.1. The Morgan fingerprint density at radius 3 is 2.65 bits per heavy atom. The van der Waals surface area contributed by atoms with Gasteiger partial charge in [-0.3, -0.25) is 14.4 Å². The molecule has 1 amide bonds. The number of hydrogen-bond donors (Lipinski definition) is 1. The summed E-state index contributed by atoms with van der Waals surface area (Å²) in [5.41, 5.74) is 5.80. The Bertz CT molecular complexity index is 1920. The summed E-state index contributed by atoms with van der Waals surface area (Å²) in [5.74, 6) is 0.0725. The molecule has 11 nitrogen and oxygen atoms in total. The number of hydrogen-bond acceptors (Lipinski definition) is 9. The highest BCUT2D eigenvalue weighted by molar-refractivity contribution is 6.34. The third-order valence-electron chi connectivity index (χ3n) is 10.1. The van der Waals surface area contributed by atoms with Gasteiger partial charge in [0, 0.05) is 57.0 Å². The highest BCUT2D eigenvalue weighted by atomic mass is 35.5. The summed E-state index contributed by atoms with van der Waals surface area (Å²) in [6.07, 6.45) is -5.44. The predicted octanol–water partition coefficient (Wildman–Crippen LogP) is 6.27. The van der Waals surface area contributed by atoms with Crippen LogP contribution in [0, 0.1) is 0 Å². The Labute approximate surface area is 300 Å². The lowest BCUT2D eigenvalue weighted by Gasteiger charge is -2.33. The van der Waals surface area contributed by atoms with Crippen LogP contribution in [0.4, 0.5) is 33.5 Å². The van der Waals surface area contributed by atoms with Crippen molar-refractivity contribution >= 4 is 40.6 Å². The predicted molar refractivity (Wildman–Crippen MR) is 178 cm³/mol. The molecule has 2 fully saturated rings. The second-order valence-corrected chi connectivity index (χ2v) is 14.4. The molecule has 3 aromatic rings. The number of fused-ring (bicyclic) bond motifs is 3. The van der Waals surface area contributed by atoms with Crippen LogP contribution in [0.5, 0.6) is 6.01 Å². The number of nitrogens with two attached hydrogens (primary N) is 1. The van der Waals surface area contributed by atoms with E-state index < -0.39 is 34.5 Å². The molecule has 274 valence electrons. The first kappa shape index (κ1) is 35.7. The van der Waals surface area contributed by atoms with Crippen molar-refractivity contribution in [2.75, 3.05) is 51.0 Å². The number of anilines is 2. The summed E-state index contributed by atoms with van der Waals surface area (Å²) in [6.45, 7) is 1.86. The Morgan fingerprint density at radius 1 is 1.14 bits per heavy atom. The van der Waals surface area contributed by atoms with E-state index in [4.69, 9.17) is 43.4 Å². The molecule has 1 aromatic carbocycles. The number of alkyl halides is 3. The number of benzene rings is 1. The van der Waals surface area contributed by atoms with Crippen LogP contribution in [0.25, 0.3) is 0 Å². The van der Waals surface area contributed by atoms with Gasteiger partial charge in [0.2, 0.25) is 0 Å². The lowest BCUT2D eigenvalue weighted by atomic mass is 9.93. The van der Waals surface area contributed by atoms with Crippen LogP contribution in [0.1, 0.15) is 70.4 Å². The molecule has 6 heterocycles. The van der Waals surface area contributed by atoms with E-state index in [1.807, 2.05) is 9.80 Å². The number of aromatic nitrogens is 4. The van der Waals surface area contributed by atoms with Crippen LogP contribution in [0.15, 0.2) is 23.8 Å². The summed E-state index contributed by atoms with van der Waals surface area (Å²) in [7, 11) is 3.21. The van der Waals surface area contributed by atoms with Crippen LogP contribution in [-0.4, -0.2) is 81.3 Å². The Hall–Kier alpha value is -3.73. The van der Waals surface area contributed by atoms with E-state index in [-0.39, 0.29) is 78.6 Å². The molecule has 1 unspecified atom stereocenters. The third-order valence-corrected chi connectivity index (χ3v) is 10.8. The molecule has 7 rings (SSSR count). The minimum Gasteiger partial charge on any atom is -0.461 e. The van der Waals surface area contributed by atoms with Gasteiger partial charge in [0.05, 0.1) is 51.8 Å². The molecule has 2 saturated heterocycles. The van der Waals surface area contributed by atoms with Gasteiger partial charge in [-0.15, -0.1) is 0 Å². The molecular weight excluding hydrogens is 722 g/mol. The number of rotatable bonds is 6. The van der Waals surface area contributed by atoms with Gasteiger partial charge < -0.3 is 25.0 Å². The lowest BCUT2D eigenvalue weighted by Crippen LogP contribution is -2.43. The highest BCUT2D eigenvalue weighted by Gasteiger charge is 2.48. The van der Waals surface area contributed by atoms with E-state index in [0.29, 0.717) is 55.2 Å². The maximum Gasteiger partial charge on any atom is 0.418 e. The van der Waals surface area contributed by atoms with Crippen LogP contribution in [0.3, 0.4) is 0 Å². The molecule has 0 saturated carbocycles. The van der Waals surface area contributed by atoms with Crippen molar-refractivity contribution in [1.82, 2.24) is 29.5 Å². The minimum atomic E-state index is -4.78. The molecule has 0 bridgehead atoms. The fourth-order valence-corrected chi connectivity index (χ4v) is 8.25. The topological polar surface area (TPSA) is 115 Å². The van der Waals surface area contributed by atoms with Crippen LogP contribution in [-0.2, 0) is 37.0 Å². The summed E-state index contributed by atoms with van der Waals surface area (Å²) in [4.78, 5) is 27.6. The van der Waals surface area contributed by atoms with Gasteiger partial charge in [-0.1, -0.05) is 23.2 Å². The Balaban J connectivity index is 1.27. The second-order valence-electron chi connectivity index (χ2n) is 13.6. The maximum absolute atomic E-state index is 14.3. The number of ether oxygens (including phenoxy) is 2. The molecule has 2 aromatic heterocycles. The first-order valence-electron chi connectivity index (χ1n) is 16.5. The van der Waals surface area contributed by atoms with Crippen LogP contribution in [0.2, 0.25) is 10.0 Å². The largest absolute Gasteiger partial charge is 0.461 e. The standard InChI is InChI=1S/C33H35Cl2F5N8O3/c1-45(2)30(49)27-26(35)23-14-46(6-4-8-48(23)44-27)29-20-15-50-24(19-9-18(41)10-21(34)25(19)33(38,39)40)11-22(20)42-31(43-29)51-16-32-5-3-7-47(32)13-17(12-32)28(36)37/h9-10,24H,3-8,11-16,41H2,1-2H3/t24?,32-/m0/s1. The summed E-state index contributed by atoms with van der Waals surface area (Å²) < 4.78 is 84.1. The number of amides is 1. The fourth-order valence-electron chi connectivity index (χ4n) is 7.63. The number of halogens is 7. The van der Waals surface area contributed by atoms with E-state index in [2.05, 4.69) is 10.1 Å². The maximum atomic E-state index is 14.3. The second kappa shape index (κ2) is 13.4. The van der Waals surface area contributed by atoms with Crippen molar-refractivity contribution in [2.45, 2.75) is 69.6 Å². The number of nitrogen functional groups attached to an aromatic ring is 1. The zero-order chi connectivity index (χ0) is 36.4. The van der Waals surface area contributed by atoms with Gasteiger partial charge in [-0.2, -0.15) is 37.0 Å². The first-order valence-corrected chi connectivity index (χ1v) is 17.2. The van der Waals surface area contributed by atoms with Crippen molar-refractivity contribution in [3.63, 3.8) is 0 Å². The molecular formula is C33H35Cl2F5N8O3. The molecule has 18 heteroatoms. The van der Waals surface area contributed by atoms with Crippen molar-refractivity contribution in [1.29, 1.82) is 0 Å². The number of aryl methyl sites for hydroxylation is 1. The van der Waals surface area contributed by atoms with Gasteiger partial charge in [0.25, 0.3) is 12.0 Å². The van der Waals surface area contributed by atoms with E-state index in [1.54, 1.807) is 18.8 Å². The molecule has 0 aliphatic carbocycles. The SMILES string of the molecule is CN(C)C(=O)c1nn2c(c1Cl)CN(c1nc(OC[C@@]34CCCN3CC(=C(F)F)C4)nc3c1COC(c1cc(N)cc(Cl)c1C(F)(F)F)C3)CCC2. The third kappa shape index (κ3) is 6.59. The number of carbonyl (C=O) groups excluding carboxylic acids is 1. The number of nitrogens with zero attached hydrogens (tertiary/aromatic N) is 7. The zero-order valence-corrected chi connectivity index (χ0v) is 29.3.